The molecule has 1 fully saturated rings. The molecular formula is C22H22N6O. The van der Waals surface area contributed by atoms with Crippen molar-refractivity contribution in [1.82, 2.24) is 29.7 Å². The Hall–Kier alpha value is -3.48. The summed E-state index contributed by atoms with van der Waals surface area (Å²) in [6, 6.07) is 12.2. The van der Waals surface area contributed by atoms with E-state index in [9.17, 15) is 4.79 Å². The Morgan fingerprint density at radius 1 is 1.17 bits per heavy atom. The van der Waals surface area contributed by atoms with Crippen LogP contribution in [0.25, 0.3) is 5.65 Å². The molecule has 0 spiro atoms. The molecular weight excluding hydrogens is 364 g/mol. The number of hydrogen-bond donors (Lipinski definition) is 1. The SMILES string of the molecule is O=C(c1cnn2cccnc12)N1CCCC(c2[nH]ncc2Cc2ccccc2)C1. The Bertz CT molecular complexity index is 1130. The third-order valence-electron chi connectivity index (χ3n) is 5.62. The number of carbonyl (C=O) groups excluding carboxylic acids is 1. The third-order valence-corrected chi connectivity index (χ3v) is 5.62. The average molecular weight is 386 g/mol. The number of aromatic amines is 1. The standard InChI is InChI=1S/C22H22N6O/c29-22(19-14-25-28-11-5-9-23-21(19)28)27-10-4-8-17(15-27)20-18(13-24-26-20)12-16-6-2-1-3-7-16/h1-3,5-7,9,11,13-14,17H,4,8,10,12,15H2,(H,24,26). The number of carbonyl (C=O) groups is 1. The number of amides is 1. The maximum atomic E-state index is 13.2. The lowest BCUT2D eigenvalue weighted by atomic mass is 9.90. The lowest BCUT2D eigenvalue weighted by Gasteiger charge is -2.32. The first-order valence-electron chi connectivity index (χ1n) is 9.93. The molecule has 7 nitrogen and oxygen atoms in total. The van der Waals surface area contributed by atoms with Crippen LogP contribution in [0.3, 0.4) is 0 Å². The normalized spacial score (nSPS) is 17.0. The van der Waals surface area contributed by atoms with E-state index >= 15 is 0 Å². The summed E-state index contributed by atoms with van der Waals surface area (Å²) in [7, 11) is 0. The summed E-state index contributed by atoms with van der Waals surface area (Å²) in [5, 5.41) is 11.8. The minimum Gasteiger partial charge on any atom is -0.338 e. The maximum Gasteiger partial charge on any atom is 0.259 e. The molecule has 1 atom stereocenters. The van der Waals surface area contributed by atoms with Gasteiger partial charge in [0.1, 0.15) is 5.56 Å². The summed E-state index contributed by atoms with van der Waals surface area (Å²) in [4.78, 5) is 19.4. The number of likely N-dealkylation sites (tertiary alicyclic amines) is 1. The van der Waals surface area contributed by atoms with Gasteiger partial charge in [0.25, 0.3) is 5.91 Å². The highest BCUT2D eigenvalue weighted by Gasteiger charge is 2.29. The summed E-state index contributed by atoms with van der Waals surface area (Å²) in [5.41, 5.74) is 4.76. The van der Waals surface area contributed by atoms with Gasteiger partial charge in [-0.25, -0.2) is 9.50 Å². The molecule has 4 heterocycles. The molecule has 7 heteroatoms. The van der Waals surface area contributed by atoms with Crippen molar-refractivity contribution in [3.05, 3.63) is 83.6 Å². The van der Waals surface area contributed by atoms with Gasteiger partial charge in [-0.2, -0.15) is 10.2 Å². The van der Waals surface area contributed by atoms with Gasteiger partial charge in [0.05, 0.1) is 12.4 Å². The zero-order valence-corrected chi connectivity index (χ0v) is 16.0. The van der Waals surface area contributed by atoms with Crippen LogP contribution in [0.2, 0.25) is 0 Å². The van der Waals surface area contributed by atoms with Gasteiger partial charge in [0, 0.05) is 43.5 Å². The summed E-state index contributed by atoms with van der Waals surface area (Å²) in [5.74, 6) is 0.247. The van der Waals surface area contributed by atoms with Crippen molar-refractivity contribution in [3.8, 4) is 0 Å². The molecule has 1 aliphatic heterocycles. The molecule has 1 aliphatic rings. The minimum absolute atomic E-state index is 0.00692. The number of aromatic nitrogens is 5. The first-order valence-corrected chi connectivity index (χ1v) is 9.93. The van der Waals surface area contributed by atoms with Gasteiger partial charge in [-0.05, 0) is 30.0 Å². The van der Waals surface area contributed by atoms with Crippen molar-refractivity contribution in [2.75, 3.05) is 13.1 Å². The van der Waals surface area contributed by atoms with Crippen LogP contribution in [0, 0.1) is 0 Å². The largest absolute Gasteiger partial charge is 0.338 e. The number of fused-ring (bicyclic) bond motifs is 1. The van der Waals surface area contributed by atoms with Gasteiger partial charge in [0.15, 0.2) is 5.65 Å². The Labute approximate surface area is 168 Å². The number of piperidine rings is 1. The number of rotatable bonds is 4. The van der Waals surface area contributed by atoms with Gasteiger partial charge in [0.2, 0.25) is 0 Å². The van der Waals surface area contributed by atoms with Crippen LogP contribution in [0.15, 0.2) is 61.2 Å². The molecule has 0 radical (unpaired) electrons. The van der Waals surface area contributed by atoms with Crippen LogP contribution in [0.5, 0.6) is 0 Å². The fourth-order valence-corrected chi connectivity index (χ4v) is 4.18. The summed E-state index contributed by atoms with van der Waals surface area (Å²) >= 11 is 0. The molecule has 1 amide bonds. The predicted molar refractivity (Wildman–Crippen MR) is 109 cm³/mol. The second-order valence-electron chi connectivity index (χ2n) is 7.51. The maximum absolute atomic E-state index is 13.2. The fourth-order valence-electron chi connectivity index (χ4n) is 4.18. The zero-order chi connectivity index (χ0) is 19.6. The average Bonchev–Trinajstić information content (AvgIpc) is 3.41. The number of hydrogen-bond acceptors (Lipinski definition) is 4. The van der Waals surface area contributed by atoms with Crippen molar-refractivity contribution < 1.29 is 4.79 Å². The van der Waals surface area contributed by atoms with E-state index in [1.165, 1.54) is 11.1 Å². The Morgan fingerprint density at radius 2 is 2.07 bits per heavy atom. The molecule has 5 rings (SSSR count). The highest BCUT2D eigenvalue weighted by Crippen LogP contribution is 2.30. The number of nitrogens with one attached hydrogen (secondary N) is 1. The second kappa shape index (κ2) is 7.50. The van der Waals surface area contributed by atoms with Gasteiger partial charge >= 0.3 is 0 Å². The van der Waals surface area contributed by atoms with E-state index in [1.54, 1.807) is 29.2 Å². The number of H-pyrrole nitrogens is 1. The number of nitrogens with zero attached hydrogens (tertiary/aromatic N) is 5. The monoisotopic (exact) mass is 386 g/mol. The smallest absolute Gasteiger partial charge is 0.259 e. The van der Waals surface area contributed by atoms with Gasteiger partial charge < -0.3 is 4.90 Å². The fraction of sp³-hybridized carbons (Fsp3) is 0.273. The molecule has 1 saturated heterocycles. The Morgan fingerprint density at radius 3 is 2.97 bits per heavy atom. The molecule has 29 heavy (non-hydrogen) atoms. The quantitative estimate of drug-likeness (QED) is 0.585. The number of benzene rings is 1. The van der Waals surface area contributed by atoms with E-state index in [-0.39, 0.29) is 11.8 Å². The molecule has 0 aliphatic carbocycles. The van der Waals surface area contributed by atoms with Crippen molar-refractivity contribution in [3.63, 3.8) is 0 Å². The second-order valence-corrected chi connectivity index (χ2v) is 7.51. The summed E-state index contributed by atoms with van der Waals surface area (Å²) < 4.78 is 1.64. The molecule has 1 unspecified atom stereocenters. The van der Waals surface area contributed by atoms with Crippen molar-refractivity contribution >= 4 is 11.6 Å². The predicted octanol–water partition coefficient (Wildman–Crippen LogP) is 3.06. The highest BCUT2D eigenvalue weighted by atomic mass is 16.2. The Kier molecular flexibility index (Phi) is 4.56. The Balaban J connectivity index is 1.36. The van der Waals surface area contributed by atoms with Gasteiger partial charge in [-0.1, -0.05) is 30.3 Å². The lowest BCUT2D eigenvalue weighted by Crippen LogP contribution is -2.39. The van der Waals surface area contributed by atoms with E-state index in [0.717, 1.165) is 31.5 Å². The zero-order valence-electron chi connectivity index (χ0n) is 16.0. The van der Waals surface area contributed by atoms with E-state index in [0.29, 0.717) is 17.8 Å². The van der Waals surface area contributed by atoms with Crippen molar-refractivity contribution in [1.29, 1.82) is 0 Å². The van der Waals surface area contributed by atoms with Gasteiger partial charge in [-0.3, -0.25) is 9.89 Å². The molecule has 1 N–H and O–H groups in total. The molecule has 146 valence electrons. The third kappa shape index (κ3) is 3.40. The first-order chi connectivity index (χ1) is 14.3. The van der Waals surface area contributed by atoms with Crippen LogP contribution in [0.1, 0.15) is 45.9 Å². The minimum atomic E-state index is -0.00692. The van der Waals surface area contributed by atoms with E-state index in [4.69, 9.17) is 0 Å². The van der Waals surface area contributed by atoms with Crippen molar-refractivity contribution in [2.45, 2.75) is 25.2 Å². The van der Waals surface area contributed by atoms with Crippen LogP contribution in [0.4, 0.5) is 0 Å². The van der Waals surface area contributed by atoms with Crippen LogP contribution in [-0.2, 0) is 6.42 Å². The van der Waals surface area contributed by atoms with Crippen LogP contribution < -0.4 is 0 Å². The molecule has 0 saturated carbocycles. The topological polar surface area (TPSA) is 79.2 Å². The first kappa shape index (κ1) is 17.6. The molecule has 4 aromatic rings. The highest BCUT2D eigenvalue weighted by molar-refractivity contribution is 5.99. The van der Waals surface area contributed by atoms with Crippen LogP contribution >= 0.6 is 0 Å². The molecule has 3 aromatic heterocycles. The van der Waals surface area contributed by atoms with Crippen LogP contribution in [-0.4, -0.2) is 48.7 Å². The lowest BCUT2D eigenvalue weighted by molar-refractivity contribution is 0.0707. The van der Waals surface area contributed by atoms with Gasteiger partial charge in [-0.15, -0.1) is 0 Å². The molecule has 0 bridgehead atoms. The van der Waals surface area contributed by atoms with E-state index in [1.807, 2.05) is 17.2 Å². The summed E-state index contributed by atoms with van der Waals surface area (Å²) in [6.07, 6.45) is 9.87. The van der Waals surface area contributed by atoms with Crippen molar-refractivity contribution in [2.24, 2.45) is 0 Å². The molecule has 1 aromatic carbocycles. The van der Waals surface area contributed by atoms with E-state index in [2.05, 4.69) is 44.5 Å². The van der Waals surface area contributed by atoms with E-state index < -0.39 is 0 Å². The summed E-state index contributed by atoms with van der Waals surface area (Å²) in [6.45, 7) is 1.43.